The van der Waals surface area contributed by atoms with Gasteiger partial charge in [0.2, 0.25) is 0 Å². The van der Waals surface area contributed by atoms with E-state index < -0.39 is 0 Å². The third-order valence-electron chi connectivity index (χ3n) is 2.44. The molecule has 0 aliphatic heterocycles. The quantitative estimate of drug-likeness (QED) is 0.715. The average Bonchev–Trinajstić information content (AvgIpc) is 2.49. The number of rotatable bonds is 2. The van der Waals surface area contributed by atoms with E-state index in [1.54, 1.807) is 0 Å². The molecule has 1 heteroatoms. The van der Waals surface area contributed by atoms with Crippen LogP contribution in [0.4, 0.5) is 0 Å². The van der Waals surface area contributed by atoms with Gasteiger partial charge in [-0.3, -0.25) is 0 Å². The highest BCUT2D eigenvalue weighted by Gasteiger charge is 2.01. The van der Waals surface area contributed by atoms with E-state index in [9.17, 15) is 0 Å². The molecule has 2 aromatic rings. The Hall–Kier alpha value is -1.24. The topological polar surface area (TPSA) is 15.8 Å². The molecule has 0 aliphatic rings. The Morgan fingerprint density at radius 2 is 2.23 bits per heavy atom. The molecule has 0 saturated carbocycles. The molecule has 0 spiro atoms. The van der Waals surface area contributed by atoms with Crippen molar-refractivity contribution >= 4 is 10.9 Å². The van der Waals surface area contributed by atoms with Gasteiger partial charge in [-0.05, 0) is 31.0 Å². The van der Waals surface area contributed by atoms with E-state index in [0.717, 1.165) is 0 Å². The number of H-pyrrole nitrogens is 1. The monoisotopic (exact) mass is 177 g/mol. The zero-order valence-corrected chi connectivity index (χ0v) is 8.22. The number of benzene rings is 1. The normalized spacial score (nSPS) is 10.9. The Labute approximate surface area is 81.8 Å². The molecule has 72 valence electrons. The Balaban J connectivity index is 0.000000980. The maximum Gasteiger partial charge on any atom is 0.0456 e. The van der Waals surface area contributed by atoms with Crippen molar-refractivity contribution in [3.8, 4) is 0 Å². The van der Waals surface area contributed by atoms with Crippen molar-refractivity contribution in [1.29, 1.82) is 0 Å². The van der Waals surface area contributed by atoms with Gasteiger partial charge in [0, 0.05) is 20.0 Å². The molecule has 1 N–H and O–H groups in total. The van der Waals surface area contributed by atoms with E-state index in [1.165, 1.54) is 34.9 Å². The summed E-state index contributed by atoms with van der Waals surface area (Å²) in [6.07, 6.45) is 4.51. The smallest absolute Gasteiger partial charge is 0.0456 e. The number of hydrogen-bond donors (Lipinski definition) is 1. The molecule has 1 aromatic heterocycles. The van der Waals surface area contributed by atoms with E-state index >= 15 is 0 Å². The van der Waals surface area contributed by atoms with Crippen LogP contribution in [0.25, 0.3) is 10.9 Å². The van der Waals surface area contributed by atoms with Gasteiger partial charge in [0.1, 0.15) is 0 Å². The Kier molecular flexibility index (Phi) is 2.09. The van der Waals surface area contributed by atoms with E-state index in [2.05, 4.69) is 43.2 Å². The van der Waals surface area contributed by atoms with Crippen LogP contribution < -0.4 is 0 Å². The molecular formula is C12H19N. The zero-order valence-electron chi connectivity index (χ0n) is 8.22. The number of fused-ring (bicyclic) bond motifs is 1. The number of aromatic nitrogens is 1. The Morgan fingerprint density at radius 1 is 1.38 bits per heavy atom. The van der Waals surface area contributed by atoms with Gasteiger partial charge in [0.05, 0.1) is 0 Å². The maximum atomic E-state index is 3.30. The van der Waals surface area contributed by atoms with E-state index in [4.69, 9.17) is 0 Å². The molecule has 2 rings (SSSR count). The molecular weight excluding hydrogens is 158 g/mol. The fourth-order valence-corrected chi connectivity index (χ4v) is 1.77. The molecule has 1 aromatic carbocycles. The molecule has 0 bridgehead atoms. The second-order valence-electron chi connectivity index (χ2n) is 3.61. The highest BCUT2D eigenvalue weighted by molar-refractivity contribution is 5.83. The number of nitrogens with one attached hydrogen (secondary N) is 1. The lowest BCUT2D eigenvalue weighted by Crippen LogP contribution is -1.79. The number of aromatic amines is 1. The highest BCUT2D eigenvalue weighted by atomic mass is 14.7. The predicted octanol–water partition coefficient (Wildman–Crippen LogP) is 3.92. The standard InChI is InChI=1S/C12H15N.2H2/c1-3-4-10-8-13-12-6-5-9(2)7-11(10)12;;/h5-8,13H,3-4H2,1-2H3;2*1H. The lowest BCUT2D eigenvalue weighted by Gasteiger charge is -1.96. The predicted molar refractivity (Wildman–Crippen MR) is 61.3 cm³/mol. The number of hydrogen-bond acceptors (Lipinski definition) is 0. The summed E-state index contributed by atoms with van der Waals surface area (Å²) in [7, 11) is 0. The van der Waals surface area contributed by atoms with Gasteiger partial charge in [-0.25, -0.2) is 0 Å². The third kappa shape index (κ3) is 1.46. The van der Waals surface area contributed by atoms with E-state index in [0.29, 0.717) is 0 Å². The first kappa shape index (κ1) is 8.36. The second-order valence-corrected chi connectivity index (χ2v) is 3.61. The summed E-state index contributed by atoms with van der Waals surface area (Å²) < 4.78 is 0. The van der Waals surface area contributed by atoms with Gasteiger partial charge in [-0.1, -0.05) is 25.0 Å². The summed E-state index contributed by atoms with van der Waals surface area (Å²) in [5, 5.41) is 1.39. The lowest BCUT2D eigenvalue weighted by molar-refractivity contribution is 0.929. The van der Waals surface area contributed by atoms with Crippen LogP contribution in [0.15, 0.2) is 24.4 Å². The molecule has 0 aliphatic carbocycles. The fourth-order valence-electron chi connectivity index (χ4n) is 1.77. The van der Waals surface area contributed by atoms with Crippen LogP contribution in [0.2, 0.25) is 0 Å². The van der Waals surface area contributed by atoms with Crippen molar-refractivity contribution in [2.45, 2.75) is 26.7 Å². The summed E-state index contributed by atoms with van der Waals surface area (Å²) >= 11 is 0. The minimum Gasteiger partial charge on any atom is -0.361 e. The van der Waals surface area contributed by atoms with Crippen molar-refractivity contribution in [3.05, 3.63) is 35.5 Å². The molecule has 0 atom stereocenters. The zero-order chi connectivity index (χ0) is 9.26. The van der Waals surface area contributed by atoms with Gasteiger partial charge in [0.15, 0.2) is 0 Å². The van der Waals surface area contributed by atoms with Crippen molar-refractivity contribution in [3.63, 3.8) is 0 Å². The Morgan fingerprint density at radius 3 is 3.00 bits per heavy atom. The fraction of sp³-hybridized carbons (Fsp3) is 0.333. The van der Waals surface area contributed by atoms with Gasteiger partial charge in [-0.2, -0.15) is 0 Å². The van der Waals surface area contributed by atoms with Crippen molar-refractivity contribution in [1.82, 2.24) is 4.98 Å². The maximum absolute atomic E-state index is 3.30. The van der Waals surface area contributed by atoms with Gasteiger partial charge >= 0.3 is 0 Å². The largest absolute Gasteiger partial charge is 0.361 e. The van der Waals surface area contributed by atoms with Crippen LogP contribution in [-0.4, -0.2) is 4.98 Å². The minimum absolute atomic E-state index is 0. The van der Waals surface area contributed by atoms with Gasteiger partial charge in [-0.15, -0.1) is 0 Å². The van der Waals surface area contributed by atoms with Crippen molar-refractivity contribution in [2.24, 2.45) is 0 Å². The van der Waals surface area contributed by atoms with Gasteiger partial charge < -0.3 is 4.98 Å². The summed E-state index contributed by atoms with van der Waals surface area (Å²) in [5.74, 6) is 0. The van der Waals surface area contributed by atoms with Crippen LogP contribution in [0, 0.1) is 6.92 Å². The van der Waals surface area contributed by atoms with Gasteiger partial charge in [0.25, 0.3) is 0 Å². The Bertz CT molecular complexity index is 420. The van der Waals surface area contributed by atoms with Crippen LogP contribution >= 0.6 is 0 Å². The molecule has 0 unspecified atom stereocenters. The first-order valence-electron chi connectivity index (χ1n) is 4.88. The van der Waals surface area contributed by atoms with Crippen molar-refractivity contribution < 1.29 is 2.85 Å². The van der Waals surface area contributed by atoms with Crippen LogP contribution in [0.1, 0.15) is 27.3 Å². The molecule has 1 heterocycles. The summed E-state index contributed by atoms with van der Waals surface area (Å²) in [5.41, 5.74) is 4.04. The van der Waals surface area contributed by atoms with E-state index in [1.807, 2.05) is 0 Å². The summed E-state index contributed by atoms with van der Waals surface area (Å²) in [6, 6.07) is 6.56. The average molecular weight is 177 g/mol. The third-order valence-corrected chi connectivity index (χ3v) is 2.44. The first-order valence-corrected chi connectivity index (χ1v) is 4.88. The highest BCUT2D eigenvalue weighted by Crippen LogP contribution is 2.20. The molecule has 0 amide bonds. The van der Waals surface area contributed by atoms with Crippen LogP contribution in [0.5, 0.6) is 0 Å². The summed E-state index contributed by atoms with van der Waals surface area (Å²) in [6.45, 7) is 4.36. The molecule has 1 nitrogen and oxygen atoms in total. The van der Waals surface area contributed by atoms with Crippen molar-refractivity contribution in [2.75, 3.05) is 0 Å². The number of aryl methyl sites for hydroxylation is 2. The molecule has 13 heavy (non-hydrogen) atoms. The summed E-state index contributed by atoms with van der Waals surface area (Å²) in [4.78, 5) is 3.30. The first-order chi connectivity index (χ1) is 6.31. The van der Waals surface area contributed by atoms with Crippen LogP contribution in [-0.2, 0) is 6.42 Å². The lowest BCUT2D eigenvalue weighted by atomic mass is 10.1. The molecule has 0 fully saturated rings. The molecule has 0 radical (unpaired) electrons. The SMILES string of the molecule is CCCc1c[nH]c2ccc(C)cc12.[HH].[HH]. The van der Waals surface area contributed by atoms with Crippen LogP contribution in [0.3, 0.4) is 0 Å². The van der Waals surface area contributed by atoms with E-state index in [-0.39, 0.29) is 2.85 Å². The molecule has 0 saturated heterocycles. The minimum atomic E-state index is 0. The second kappa shape index (κ2) is 3.25.